The van der Waals surface area contributed by atoms with Crippen LogP contribution < -0.4 is 30.8 Å². The van der Waals surface area contributed by atoms with Gasteiger partial charge in [-0.3, -0.25) is 0 Å². The van der Waals surface area contributed by atoms with Crippen LogP contribution in [0.3, 0.4) is 0 Å². The summed E-state index contributed by atoms with van der Waals surface area (Å²) in [7, 11) is 0. The van der Waals surface area contributed by atoms with Gasteiger partial charge in [-0.2, -0.15) is 0 Å². The van der Waals surface area contributed by atoms with Crippen LogP contribution in [0.15, 0.2) is 151 Å². The van der Waals surface area contributed by atoms with Gasteiger partial charge in [0.05, 0.1) is 0 Å². The smallest absolute Gasteiger partial charge is 0.260 e. The number of hydrogen-bond donors (Lipinski definition) is 0. The van der Waals surface area contributed by atoms with Gasteiger partial charge in [-0.25, -0.2) is 0 Å². The van der Waals surface area contributed by atoms with Gasteiger partial charge in [-0.1, -0.05) is 99.2 Å². The maximum Gasteiger partial charge on any atom is 0.260 e. The number of hydrogen-bond acceptors (Lipinski definition) is 3. The number of fused-ring (bicyclic) bond motifs is 9. The van der Waals surface area contributed by atoms with Gasteiger partial charge in [0.15, 0.2) is 0 Å². The molecule has 2 atom stereocenters. The average Bonchev–Trinajstić information content (AvgIpc) is 3.85. The van der Waals surface area contributed by atoms with E-state index in [1.54, 1.807) is 5.57 Å². The van der Waals surface area contributed by atoms with Crippen LogP contribution in [-0.4, -0.2) is 6.71 Å². The SMILES string of the molecule is CC1(c2ccc3c(c2)B2c4cc5c(cc4Oc4cccc(c42)O3)-c2cc3ccc(N(c4ccccc4)c4ccccc4)cc3cc2C5(C)C)C=C2CCCC2C1. The quantitative estimate of drug-likeness (QED) is 0.133. The van der Waals surface area contributed by atoms with Gasteiger partial charge >= 0.3 is 0 Å². The maximum absolute atomic E-state index is 6.87. The largest absolute Gasteiger partial charge is 0.458 e. The van der Waals surface area contributed by atoms with Gasteiger partial charge in [0, 0.05) is 33.4 Å². The van der Waals surface area contributed by atoms with E-state index in [4.69, 9.17) is 9.47 Å². The van der Waals surface area contributed by atoms with E-state index in [1.165, 1.54) is 75.2 Å². The minimum atomic E-state index is -0.209. The molecule has 0 spiro atoms. The minimum absolute atomic E-state index is 0.0270. The molecule has 3 aliphatic carbocycles. The Bertz CT molecular complexity index is 2780. The summed E-state index contributed by atoms with van der Waals surface area (Å²) < 4.78 is 13.5. The van der Waals surface area contributed by atoms with E-state index in [1.807, 2.05) is 0 Å². The first-order valence-electron chi connectivity index (χ1n) is 20.3. The van der Waals surface area contributed by atoms with Crippen molar-refractivity contribution in [1.82, 2.24) is 0 Å². The summed E-state index contributed by atoms with van der Waals surface area (Å²) in [5.74, 6) is 4.43. The topological polar surface area (TPSA) is 21.7 Å². The van der Waals surface area contributed by atoms with Gasteiger partial charge < -0.3 is 14.4 Å². The van der Waals surface area contributed by atoms with E-state index in [-0.39, 0.29) is 17.5 Å². The molecule has 2 unspecified atom stereocenters. The predicted molar refractivity (Wildman–Crippen MR) is 231 cm³/mol. The number of nitrogens with zero attached hydrogens (tertiary/aromatic N) is 1. The number of anilines is 3. The Balaban J connectivity index is 0.988. The van der Waals surface area contributed by atoms with E-state index >= 15 is 0 Å². The highest BCUT2D eigenvalue weighted by Crippen LogP contribution is 2.53. The van der Waals surface area contributed by atoms with Crippen LogP contribution in [0.1, 0.15) is 63.1 Å². The first-order valence-corrected chi connectivity index (χ1v) is 20.3. The van der Waals surface area contributed by atoms with Crippen LogP contribution in [0.25, 0.3) is 21.9 Å². The van der Waals surface area contributed by atoms with Crippen LogP contribution in [-0.2, 0) is 10.8 Å². The van der Waals surface area contributed by atoms with E-state index in [0.29, 0.717) is 0 Å². The molecule has 3 nitrogen and oxygen atoms in total. The summed E-state index contributed by atoms with van der Waals surface area (Å²) in [6, 6.07) is 51.2. The zero-order chi connectivity index (χ0) is 37.3. The fourth-order valence-electron chi connectivity index (χ4n) is 11.0. The third-order valence-corrected chi connectivity index (χ3v) is 13.8. The second-order valence-corrected chi connectivity index (χ2v) is 17.5. The molecule has 270 valence electrons. The van der Waals surface area contributed by atoms with Crippen molar-refractivity contribution in [3.63, 3.8) is 0 Å². The van der Waals surface area contributed by atoms with Gasteiger partial charge in [-0.15, -0.1) is 0 Å². The first kappa shape index (κ1) is 32.3. The van der Waals surface area contributed by atoms with Crippen molar-refractivity contribution in [3.05, 3.63) is 168 Å². The lowest BCUT2D eigenvalue weighted by Gasteiger charge is -2.35. The van der Waals surface area contributed by atoms with Crippen molar-refractivity contribution in [2.45, 2.75) is 57.3 Å². The highest BCUT2D eigenvalue weighted by atomic mass is 16.5. The second-order valence-electron chi connectivity index (χ2n) is 17.5. The Kier molecular flexibility index (Phi) is 6.64. The van der Waals surface area contributed by atoms with Crippen LogP contribution >= 0.6 is 0 Å². The Morgan fingerprint density at radius 3 is 2.04 bits per heavy atom. The van der Waals surface area contributed by atoms with Crippen molar-refractivity contribution in [2.24, 2.45) is 5.92 Å². The molecule has 7 aromatic carbocycles. The molecular formula is C52H42BNO2. The van der Waals surface area contributed by atoms with Gasteiger partial charge in [-0.05, 0) is 154 Å². The number of rotatable bonds is 4. The summed E-state index contributed by atoms with van der Waals surface area (Å²) in [4.78, 5) is 2.34. The Morgan fingerprint density at radius 1 is 0.589 bits per heavy atom. The standard InChI is InChI=1S/C52H42BNO2/c1-51(2)42-26-35-24-39(54(37-14-6-4-7-15-37)38-16-8-5-9-17-38)22-20-32(35)25-40(42)41-28-49-45(29-43(41)51)53-44-27-36(52(3)30-33-12-10-13-34(33)31-52)21-23-46(44)55-47-18-11-19-48(56-49)50(47)53/h4-9,11,14-30,34H,10,12-13,31H2,1-3H3. The molecule has 0 bridgehead atoms. The van der Waals surface area contributed by atoms with Crippen molar-refractivity contribution in [3.8, 4) is 34.1 Å². The molecular weight excluding hydrogens is 681 g/mol. The Labute approximate surface area is 329 Å². The molecule has 5 aliphatic rings. The highest BCUT2D eigenvalue weighted by Gasteiger charge is 2.45. The third-order valence-electron chi connectivity index (χ3n) is 13.8. The second kappa shape index (κ2) is 11.5. The lowest BCUT2D eigenvalue weighted by atomic mass is 9.34. The molecule has 12 rings (SSSR count). The molecule has 56 heavy (non-hydrogen) atoms. The van der Waals surface area contributed by atoms with E-state index in [2.05, 4.69) is 171 Å². The molecule has 0 aromatic heterocycles. The first-order chi connectivity index (χ1) is 27.3. The molecule has 0 saturated heterocycles. The van der Waals surface area contributed by atoms with Gasteiger partial charge in [0.1, 0.15) is 23.0 Å². The monoisotopic (exact) mass is 723 g/mol. The van der Waals surface area contributed by atoms with E-state index in [0.717, 1.165) is 51.4 Å². The molecule has 1 saturated carbocycles. The number of allylic oxidation sites excluding steroid dienone is 2. The summed E-state index contributed by atoms with van der Waals surface area (Å²) in [5.41, 5.74) is 15.2. The zero-order valence-corrected chi connectivity index (χ0v) is 32.1. The molecule has 0 N–H and O–H groups in total. The van der Waals surface area contributed by atoms with Crippen LogP contribution in [0.5, 0.6) is 23.0 Å². The normalized spacial score (nSPS) is 20.2. The molecule has 7 aromatic rings. The fraction of sp³-hybridized carbons (Fsp3) is 0.192. The predicted octanol–water partition coefficient (Wildman–Crippen LogP) is 11.7. The molecule has 0 radical (unpaired) electrons. The van der Waals surface area contributed by atoms with Crippen LogP contribution in [0.4, 0.5) is 17.1 Å². The average molecular weight is 724 g/mol. The lowest BCUT2D eigenvalue weighted by Crippen LogP contribution is -2.57. The number of ether oxygens (including phenoxy) is 2. The Hall–Kier alpha value is -6.00. The zero-order valence-electron chi connectivity index (χ0n) is 32.1. The fourth-order valence-corrected chi connectivity index (χ4v) is 11.0. The summed E-state index contributed by atoms with van der Waals surface area (Å²) in [5, 5.41) is 2.47. The number of benzene rings is 7. The highest BCUT2D eigenvalue weighted by molar-refractivity contribution is 6.98. The molecule has 0 amide bonds. The van der Waals surface area contributed by atoms with Crippen molar-refractivity contribution >= 4 is 50.9 Å². The lowest BCUT2D eigenvalue weighted by molar-refractivity contribution is 0.462. The van der Waals surface area contributed by atoms with E-state index < -0.39 is 0 Å². The third kappa shape index (κ3) is 4.59. The van der Waals surface area contributed by atoms with Crippen molar-refractivity contribution in [2.75, 3.05) is 4.90 Å². The van der Waals surface area contributed by atoms with Crippen LogP contribution in [0.2, 0.25) is 0 Å². The maximum atomic E-state index is 6.87. The molecule has 2 heterocycles. The summed E-state index contributed by atoms with van der Waals surface area (Å²) in [6.45, 7) is 7.26. The van der Waals surface area contributed by atoms with Gasteiger partial charge in [0.25, 0.3) is 6.71 Å². The van der Waals surface area contributed by atoms with Crippen LogP contribution in [0, 0.1) is 5.92 Å². The Morgan fingerprint density at radius 2 is 1.29 bits per heavy atom. The van der Waals surface area contributed by atoms with Crippen molar-refractivity contribution in [1.29, 1.82) is 0 Å². The van der Waals surface area contributed by atoms with Gasteiger partial charge in [0.2, 0.25) is 0 Å². The molecule has 1 fully saturated rings. The van der Waals surface area contributed by atoms with E-state index in [9.17, 15) is 0 Å². The van der Waals surface area contributed by atoms with Crippen molar-refractivity contribution < 1.29 is 9.47 Å². The summed E-state index contributed by atoms with van der Waals surface area (Å²) >= 11 is 0. The molecule has 2 aliphatic heterocycles. The summed E-state index contributed by atoms with van der Waals surface area (Å²) in [6.07, 6.45) is 7.75. The molecule has 4 heteroatoms. The number of para-hydroxylation sites is 2. The minimum Gasteiger partial charge on any atom is -0.458 e.